The van der Waals surface area contributed by atoms with Crippen molar-refractivity contribution in [2.75, 3.05) is 74.3 Å². The highest BCUT2D eigenvalue weighted by Crippen LogP contribution is 2.33. The van der Waals surface area contributed by atoms with Gasteiger partial charge in [0.15, 0.2) is 25.3 Å². The Morgan fingerprint density at radius 3 is 2.33 bits per heavy atom. The van der Waals surface area contributed by atoms with Crippen LogP contribution in [0.5, 0.6) is 0 Å². The number of oxazole rings is 1. The number of benzene rings is 3. The Kier molecular flexibility index (Phi) is 7.73. The lowest BCUT2D eigenvalue weighted by Crippen LogP contribution is -2.44. The topological polar surface area (TPSA) is 116 Å². The van der Waals surface area contributed by atoms with Crippen LogP contribution in [0.3, 0.4) is 0 Å². The summed E-state index contributed by atoms with van der Waals surface area (Å²) in [6.07, 6.45) is 1.22. The average molecular weight is 610 g/mol. The highest BCUT2D eigenvalue weighted by atomic mass is 32.2. The molecule has 2 aliphatic heterocycles. The second-order valence-electron chi connectivity index (χ2n) is 11.2. The minimum Gasteiger partial charge on any atom is -0.423 e. The van der Waals surface area contributed by atoms with E-state index in [1.54, 1.807) is 12.1 Å². The summed E-state index contributed by atoms with van der Waals surface area (Å²) in [7, 11) is -4.25. The Bertz CT molecular complexity index is 1800. The van der Waals surface area contributed by atoms with Gasteiger partial charge in [0.25, 0.3) is 6.01 Å². The molecule has 12 heteroatoms. The van der Waals surface area contributed by atoms with E-state index in [1.165, 1.54) is 6.26 Å². The molecule has 3 heterocycles. The summed E-state index contributed by atoms with van der Waals surface area (Å²) in [5.74, 6) is 0.426. The quantitative estimate of drug-likeness (QED) is 0.333. The van der Waals surface area contributed by atoms with E-state index in [4.69, 9.17) is 4.42 Å². The van der Waals surface area contributed by atoms with Crippen molar-refractivity contribution in [2.45, 2.75) is 11.4 Å². The van der Waals surface area contributed by atoms with Gasteiger partial charge in [-0.1, -0.05) is 36.4 Å². The Hall–Kier alpha value is -3.45. The lowest BCUT2D eigenvalue weighted by atomic mass is 10.0. The Morgan fingerprint density at radius 2 is 1.64 bits per heavy atom. The number of nitrogens with one attached hydrogen (secondary N) is 1. The number of hydrogen-bond acceptors (Lipinski definition) is 10. The molecule has 4 aromatic rings. The third-order valence-corrected chi connectivity index (χ3v) is 10.7. The number of nitrogens with zero attached hydrogens (tertiary/aromatic N) is 4. The number of para-hydroxylation sites is 1. The summed E-state index contributed by atoms with van der Waals surface area (Å²) in [5.41, 5.74) is 5.74. The molecule has 222 valence electrons. The van der Waals surface area contributed by atoms with Crippen LogP contribution in [0.25, 0.3) is 22.2 Å². The minimum atomic E-state index is -3.43. The van der Waals surface area contributed by atoms with E-state index in [0.29, 0.717) is 36.4 Å². The van der Waals surface area contributed by atoms with Crippen molar-refractivity contribution in [1.29, 1.82) is 0 Å². The molecule has 0 saturated carbocycles. The molecule has 1 aromatic heterocycles. The minimum absolute atomic E-state index is 0.213. The van der Waals surface area contributed by atoms with Crippen LogP contribution < -0.4 is 10.2 Å². The van der Waals surface area contributed by atoms with Gasteiger partial charge in [0.2, 0.25) is 0 Å². The van der Waals surface area contributed by atoms with E-state index in [1.807, 2.05) is 36.4 Å². The van der Waals surface area contributed by atoms with Crippen molar-refractivity contribution in [3.8, 4) is 11.1 Å². The van der Waals surface area contributed by atoms with E-state index < -0.39 is 19.7 Å². The van der Waals surface area contributed by atoms with Gasteiger partial charge in [0.05, 0.1) is 16.4 Å². The fourth-order valence-corrected chi connectivity index (χ4v) is 7.38. The molecule has 0 atom stereocenters. The van der Waals surface area contributed by atoms with E-state index in [0.717, 1.165) is 48.6 Å². The second-order valence-corrected chi connectivity index (χ2v) is 15.5. The van der Waals surface area contributed by atoms with Crippen LogP contribution >= 0.6 is 0 Å². The zero-order chi connectivity index (χ0) is 29.5. The summed E-state index contributed by atoms with van der Waals surface area (Å²) in [6, 6.07) is 19.6. The van der Waals surface area contributed by atoms with Gasteiger partial charge in [-0.2, -0.15) is 4.98 Å². The molecule has 10 nitrogen and oxygen atoms in total. The van der Waals surface area contributed by atoms with Crippen molar-refractivity contribution >= 4 is 48.2 Å². The van der Waals surface area contributed by atoms with Gasteiger partial charge in [-0.15, -0.1) is 0 Å². The first-order valence-electron chi connectivity index (χ1n) is 14.0. The monoisotopic (exact) mass is 609 g/mol. The summed E-state index contributed by atoms with van der Waals surface area (Å²) >= 11 is 0. The van der Waals surface area contributed by atoms with Crippen LogP contribution in [0, 0.1) is 0 Å². The molecule has 0 amide bonds. The van der Waals surface area contributed by atoms with Crippen LogP contribution in [-0.2, 0) is 26.2 Å². The maximum Gasteiger partial charge on any atom is 0.300 e. The van der Waals surface area contributed by atoms with E-state index in [-0.39, 0.29) is 22.4 Å². The largest absolute Gasteiger partial charge is 0.423 e. The number of aromatic nitrogens is 1. The number of likely N-dealkylation sites (N-methyl/N-ethyl adjacent to an activating group) is 1. The van der Waals surface area contributed by atoms with Crippen LogP contribution in [0.2, 0.25) is 0 Å². The van der Waals surface area contributed by atoms with E-state index in [9.17, 15) is 16.8 Å². The van der Waals surface area contributed by atoms with Gasteiger partial charge in [0.1, 0.15) is 5.52 Å². The van der Waals surface area contributed by atoms with Gasteiger partial charge in [-0.3, -0.25) is 4.90 Å². The smallest absolute Gasteiger partial charge is 0.300 e. The number of piperazine rings is 1. The maximum atomic E-state index is 12.5. The predicted octanol–water partition coefficient (Wildman–Crippen LogP) is 3.62. The van der Waals surface area contributed by atoms with Crippen molar-refractivity contribution in [3.63, 3.8) is 0 Å². The van der Waals surface area contributed by atoms with Crippen LogP contribution in [0.15, 0.2) is 70.0 Å². The maximum absolute atomic E-state index is 12.5. The van der Waals surface area contributed by atoms with Gasteiger partial charge in [0, 0.05) is 69.0 Å². The molecule has 2 saturated heterocycles. The lowest BCUT2D eigenvalue weighted by molar-refractivity contribution is 0.287. The Morgan fingerprint density at radius 1 is 0.929 bits per heavy atom. The average Bonchev–Trinajstić information content (AvgIpc) is 3.37. The number of sulfone groups is 2. The molecule has 42 heavy (non-hydrogen) atoms. The first-order chi connectivity index (χ1) is 20.0. The van der Waals surface area contributed by atoms with Crippen LogP contribution in [0.1, 0.15) is 5.56 Å². The molecule has 6 rings (SSSR count). The van der Waals surface area contributed by atoms with Crippen molar-refractivity contribution in [1.82, 2.24) is 14.8 Å². The molecule has 1 N–H and O–H groups in total. The molecule has 2 fully saturated rings. The second kappa shape index (κ2) is 11.3. The molecule has 0 aliphatic carbocycles. The summed E-state index contributed by atoms with van der Waals surface area (Å²) < 4.78 is 54.7. The van der Waals surface area contributed by atoms with Crippen molar-refractivity contribution in [3.05, 3.63) is 66.2 Å². The molecule has 0 bridgehead atoms. The third-order valence-electron chi connectivity index (χ3n) is 7.96. The van der Waals surface area contributed by atoms with Gasteiger partial charge >= 0.3 is 0 Å². The highest BCUT2D eigenvalue weighted by Gasteiger charge is 2.22. The van der Waals surface area contributed by atoms with Gasteiger partial charge in [-0.05, 0) is 42.4 Å². The fourth-order valence-electron chi connectivity index (χ4n) is 5.43. The SMILES string of the molecule is CN1CCN(c2cc(Nc3nc4cccc(-c5ccc(CN6CCS(=O)(=O)CC6)cc5)c4o3)cc(S(C)(=O)=O)c2)CC1. The van der Waals surface area contributed by atoms with Crippen LogP contribution in [-0.4, -0.2) is 95.7 Å². The van der Waals surface area contributed by atoms with E-state index >= 15 is 0 Å². The van der Waals surface area contributed by atoms with Gasteiger partial charge < -0.3 is 19.5 Å². The van der Waals surface area contributed by atoms with Crippen LogP contribution in [0.4, 0.5) is 17.4 Å². The normalized spacial score (nSPS) is 18.4. The molecular formula is C30H35N5O5S2. The zero-order valence-electron chi connectivity index (χ0n) is 23.8. The number of fused-ring (bicyclic) bond motifs is 1. The van der Waals surface area contributed by atoms with E-state index in [2.05, 4.69) is 44.2 Å². The lowest BCUT2D eigenvalue weighted by Gasteiger charge is -2.34. The van der Waals surface area contributed by atoms with Gasteiger partial charge in [-0.25, -0.2) is 16.8 Å². The summed E-state index contributed by atoms with van der Waals surface area (Å²) in [6.45, 7) is 5.26. The fraction of sp³-hybridized carbons (Fsp3) is 0.367. The predicted molar refractivity (Wildman–Crippen MR) is 166 cm³/mol. The number of hydrogen-bond donors (Lipinski definition) is 1. The molecule has 0 spiro atoms. The molecule has 2 aliphatic rings. The Labute approximate surface area is 246 Å². The first-order valence-corrected chi connectivity index (χ1v) is 17.7. The van der Waals surface area contributed by atoms with Crippen molar-refractivity contribution in [2.24, 2.45) is 0 Å². The molecular weight excluding hydrogens is 574 g/mol. The summed E-state index contributed by atoms with van der Waals surface area (Å²) in [4.78, 5) is 11.5. The molecule has 0 radical (unpaired) electrons. The Balaban J connectivity index is 1.24. The standard InChI is InChI=1S/C30H35N5O5S2/c1-33-10-12-35(13-11-33)25-18-24(19-26(20-25)41(2,36)37)31-30-32-28-5-3-4-27(29(28)40-30)23-8-6-22(7-9-23)21-34-14-16-42(38,39)17-15-34/h3-9,18-20H,10-17,21H2,1-2H3,(H,31,32). The highest BCUT2D eigenvalue weighted by molar-refractivity contribution is 7.91. The molecule has 0 unspecified atom stereocenters. The third kappa shape index (κ3) is 6.46. The number of rotatable bonds is 7. The summed E-state index contributed by atoms with van der Waals surface area (Å²) in [5, 5.41) is 3.21. The first kappa shape index (κ1) is 28.7. The van der Waals surface area contributed by atoms with Crippen molar-refractivity contribution < 1.29 is 21.3 Å². The molecule has 3 aromatic carbocycles. The zero-order valence-corrected chi connectivity index (χ0v) is 25.4. The number of anilines is 3.